The van der Waals surface area contributed by atoms with Crippen LogP contribution >= 0.6 is 0 Å². The number of rotatable bonds is 3. The molecule has 4 rings (SSSR count). The van der Waals surface area contributed by atoms with Crippen molar-refractivity contribution in [2.24, 2.45) is 34.0 Å². The second kappa shape index (κ2) is 6.01. The first-order valence-corrected chi connectivity index (χ1v) is 10.2. The number of hydrogen-bond acceptors (Lipinski definition) is 5. The van der Waals surface area contributed by atoms with Gasteiger partial charge in [-0.05, 0) is 55.4 Å². The largest absolute Gasteiger partial charge is 0.481 e. The second-order valence-corrected chi connectivity index (χ2v) is 9.72. The van der Waals surface area contributed by atoms with Crippen LogP contribution in [0.5, 0.6) is 0 Å². The number of aldehydes is 1. The van der Waals surface area contributed by atoms with Crippen LogP contribution < -0.4 is 0 Å². The van der Waals surface area contributed by atoms with Crippen LogP contribution in [0, 0.1) is 34.0 Å². The van der Waals surface area contributed by atoms with Crippen molar-refractivity contribution in [3.63, 3.8) is 0 Å². The molecule has 0 saturated heterocycles. The molecule has 0 heterocycles. The van der Waals surface area contributed by atoms with E-state index in [1.54, 1.807) is 13.0 Å². The van der Waals surface area contributed by atoms with Gasteiger partial charge in [0.1, 0.15) is 18.2 Å². The summed E-state index contributed by atoms with van der Waals surface area (Å²) in [6.45, 7) is 5.23. The van der Waals surface area contributed by atoms with Crippen molar-refractivity contribution in [1.29, 1.82) is 0 Å². The van der Waals surface area contributed by atoms with Crippen LogP contribution in [0.1, 0.15) is 59.3 Å². The van der Waals surface area contributed by atoms with Gasteiger partial charge in [0, 0.05) is 19.3 Å². The molecule has 2 bridgehead atoms. The molecule has 152 valence electrons. The summed E-state index contributed by atoms with van der Waals surface area (Å²) in [5.41, 5.74) is -1.72. The molecule has 6 nitrogen and oxygen atoms in total. The van der Waals surface area contributed by atoms with Gasteiger partial charge >= 0.3 is 11.9 Å². The Morgan fingerprint density at radius 1 is 1.21 bits per heavy atom. The number of carboxylic acid groups (broad SMARTS) is 1. The molecule has 3 fully saturated rings. The summed E-state index contributed by atoms with van der Waals surface area (Å²) in [7, 11) is 0. The molecule has 6 heteroatoms. The molecule has 1 N–H and O–H groups in total. The summed E-state index contributed by atoms with van der Waals surface area (Å²) >= 11 is 0. The lowest BCUT2D eigenvalue weighted by Gasteiger charge is -2.63. The van der Waals surface area contributed by atoms with Gasteiger partial charge in [-0.2, -0.15) is 0 Å². The van der Waals surface area contributed by atoms with Crippen molar-refractivity contribution in [2.45, 2.75) is 65.4 Å². The maximum atomic E-state index is 13.6. The van der Waals surface area contributed by atoms with Crippen LogP contribution in [-0.4, -0.2) is 35.2 Å². The summed E-state index contributed by atoms with van der Waals surface area (Å²) < 4.78 is 5.68. The standard InChI is InChI=1S/C22H28O6/c1-12(24)28-18-14-5-6-15-20(2)7-4-8-21(3,19(26)27)16(20)9-17(25)22(15,18)10-13(14)11-23/h10-11,14-16,18H,4-9H2,1-3H3,(H,26,27)/t14-,15-,16-,18+,20-,21-,22+/m1/s1. The lowest BCUT2D eigenvalue weighted by atomic mass is 9.40. The molecule has 28 heavy (non-hydrogen) atoms. The Kier molecular flexibility index (Phi) is 4.15. The van der Waals surface area contributed by atoms with Crippen LogP contribution in [-0.2, 0) is 23.9 Å². The van der Waals surface area contributed by atoms with Crippen LogP contribution in [0.4, 0.5) is 0 Å². The molecule has 0 aromatic carbocycles. The molecular formula is C22H28O6. The van der Waals surface area contributed by atoms with Gasteiger partial charge in [0.05, 0.1) is 10.8 Å². The molecule has 0 aromatic rings. The Morgan fingerprint density at radius 3 is 2.54 bits per heavy atom. The van der Waals surface area contributed by atoms with Crippen LogP contribution in [0.25, 0.3) is 0 Å². The third-order valence-corrected chi connectivity index (χ3v) is 8.58. The summed E-state index contributed by atoms with van der Waals surface area (Å²) in [5.74, 6) is -1.97. The van der Waals surface area contributed by atoms with Crippen molar-refractivity contribution in [3.8, 4) is 0 Å². The zero-order chi connectivity index (χ0) is 20.5. The van der Waals surface area contributed by atoms with Gasteiger partial charge < -0.3 is 9.84 Å². The Labute approximate surface area is 164 Å². The molecule has 1 spiro atoms. The van der Waals surface area contributed by atoms with Gasteiger partial charge in [0.25, 0.3) is 0 Å². The van der Waals surface area contributed by atoms with Crippen molar-refractivity contribution >= 4 is 24.0 Å². The lowest BCUT2D eigenvalue weighted by molar-refractivity contribution is -0.199. The number of aliphatic carboxylic acids is 1. The van der Waals surface area contributed by atoms with Crippen LogP contribution in [0.15, 0.2) is 11.6 Å². The van der Waals surface area contributed by atoms with Crippen molar-refractivity contribution in [3.05, 3.63) is 11.6 Å². The average Bonchev–Trinajstić information content (AvgIpc) is 2.80. The predicted molar refractivity (Wildman–Crippen MR) is 99.2 cm³/mol. The highest BCUT2D eigenvalue weighted by molar-refractivity contribution is 5.94. The molecule has 0 amide bonds. The van der Waals surface area contributed by atoms with Crippen molar-refractivity contribution in [1.82, 2.24) is 0 Å². The van der Waals surface area contributed by atoms with E-state index in [-0.39, 0.29) is 35.4 Å². The van der Waals surface area contributed by atoms with E-state index in [1.807, 2.05) is 0 Å². The average molecular weight is 388 g/mol. The number of carbonyl (C=O) groups is 4. The van der Waals surface area contributed by atoms with Crippen LogP contribution in [0.3, 0.4) is 0 Å². The van der Waals surface area contributed by atoms with E-state index in [0.29, 0.717) is 18.4 Å². The number of esters is 1. The molecule has 4 aliphatic carbocycles. The van der Waals surface area contributed by atoms with Gasteiger partial charge in [-0.1, -0.05) is 19.4 Å². The third-order valence-electron chi connectivity index (χ3n) is 8.58. The quantitative estimate of drug-likeness (QED) is 0.590. The molecule has 3 saturated carbocycles. The fourth-order valence-electron chi connectivity index (χ4n) is 7.37. The fourth-order valence-corrected chi connectivity index (χ4v) is 7.37. The first-order valence-electron chi connectivity index (χ1n) is 10.2. The molecule has 0 aromatic heterocycles. The SMILES string of the molecule is CC(=O)O[C@H]1[C@@H]2CC[C@@H]3[C@@]4(C)CCC[C@@](C)(C(=O)O)[C@@H]4CC(=O)[C@]31C=C2C=O. The minimum atomic E-state index is -0.993. The minimum Gasteiger partial charge on any atom is -0.481 e. The molecule has 0 aliphatic heterocycles. The van der Waals surface area contributed by atoms with Gasteiger partial charge in [-0.15, -0.1) is 0 Å². The van der Waals surface area contributed by atoms with Crippen LogP contribution in [0.2, 0.25) is 0 Å². The number of carboxylic acids is 1. The minimum absolute atomic E-state index is 0.0675. The van der Waals surface area contributed by atoms with Gasteiger partial charge in [-0.25, -0.2) is 0 Å². The van der Waals surface area contributed by atoms with E-state index in [2.05, 4.69) is 6.92 Å². The summed E-state index contributed by atoms with van der Waals surface area (Å²) in [6, 6.07) is 0. The molecular weight excluding hydrogens is 360 g/mol. The van der Waals surface area contributed by atoms with Gasteiger partial charge in [0.2, 0.25) is 0 Å². The zero-order valence-electron chi connectivity index (χ0n) is 16.7. The molecule has 0 radical (unpaired) electrons. The van der Waals surface area contributed by atoms with E-state index in [4.69, 9.17) is 4.74 Å². The first kappa shape index (κ1) is 19.3. The smallest absolute Gasteiger partial charge is 0.309 e. The Morgan fingerprint density at radius 2 is 1.93 bits per heavy atom. The Balaban J connectivity index is 1.87. The number of ether oxygens (including phenoxy) is 1. The number of ketones is 1. The highest BCUT2D eigenvalue weighted by Gasteiger charge is 2.71. The Bertz CT molecular complexity index is 799. The van der Waals surface area contributed by atoms with Crippen molar-refractivity contribution < 1.29 is 29.0 Å². The summed E-state index contributed by atoms with van der Waals surface area (Å²) in [6.07, 6.45) is 5.72. The van der Waals surface area contributed by atoms with Gasteiger partial charge in [-0.3, -0.25) is 19.2 Å². The van der Waals surface area contributed by atoms with E-state index >= 15 is 0 Å². The summed E-state index contributed by atoms with van der Waals surface area (Å²) in [4.78, 5) is 49.3. The highest BCUT2D eigenvalue weighted by atomic mass is 16.5. The first-order chi connectivity index (χ1) is 13.1. The molecule has 7 atom stereocenters. The van der Waals surface area contributed by atoms with E-state index in [1.165, 1.54) is 6.92 Å². The third kappa shape index (κ3) is 2.20. The molecule has 4 aliphatic rings. The number of hydrogen-bond donors (Lipinski definition) is 1. The predicted octanol–water partition coefficient (Wildman–Crippen LogP) is 2.94. The Hall–Kier alpha value is -1.98. The lowest BCUT2D eigenvalue weighted by Crippen LogP contribution is -2.65. The maximum absolute atomic E-state index is 13.6. The topological polar surface area (TPSA) is 97.7 Å². The number of fused-ring (bicyclic) bond motifs is 3. The summed E-state index contributed by atoms with van der Waals surface area (Å²) in [5, 5.41) is 9.97. The highest BCUT2D eigenvalue weighted by Crippen LogP contribution is 2.70. The molecule has 0 unspecified atom stereocenters. The fraction of sp³-hybridized carbons (Fsp3) is 0.727. The van der Waals surface area contributed by atoms with E-state index in [9.17, 15) is 24.3 Å². The number of carbonyl (C=O) groups excluding carboxylic acids is 3. The van der Waals surface area contributed by atoms with Gasteiger partial charge in [0.15, 0.2) is 0 Å². The maximum Gasteiger partial charge on any atom is 0.309 e. The van der Waals surface area contributed by atoms with Crippen molar-refractivity contribution in [2.75, 3.05) is 0 Å². The monoisotopic (exact) mass is 388 g/mol. The normalized spacial score (nSPS) is 46.8. The zero-order valence-corrected chi connectivity index (χ0v) is 16.7. The van der Waals surface area contributed by atoms with E-state index < -0.39 is 28.9 Å². The second-order valence-electron chi connectivity index (χ2n) is 9.72. The number of Topliss-reactive ketones (excluding diaryl/α,β-unsaturated/α-hetero) is 1. The van der Waals surface area contributed by atoms with E-state index in [0.717, 1.165) is 25.5 Å².